The maximum absolute atomic E-state index is 9.43. The van der Waals surface area contributed by atoms with Crippen molar-refractivity contribution in [2.75, 3.05) is 26.4 Å². The number of hydrogen-bond donors (Lipinski definition) is 2. The van der Waals surface area contributed by atoms with Crippen molar-refractivity contribution in [1.29, 1.82) is 0 Å². The summed E-state index contributed by atoms with van der Waals surface area (Å²) in [6, 6.07) is 0.383. The summed E-state index contributed by atoms with van der Waals surface area (Å²) < 4.78 is 5.35. The zero-order valence-corrected chi connectivity index (χ0v) is 10.1. The molecule has 0 aromatic rings. The van der Waals surface area contributed by atoms with Gasteiger partial charge in [-0.25, -0.2) is 0 Å². The Morgan fingerprint density at radius 3 is 2.60 bits per heavy atom. The first-order valence-electron chi connectivity index (χ1n) is 6.14. The van der Waals surface area contributed by atoms with Gasteiger partial charge < -0.3 is 15.2 Å². The maximum atomic E-state index is 9.43. The van der Waals surface area contributed by atoms with Gasteiger partial charge in [0, 0.05) is 31.2 Å². The SMILES string of the molecule is CCOCC(C)NCC1(CO)CCCC1. The minimum absolute atomic E-state index is 0.153. The van der Waals surface area contributed by atoms with Gasteiger partial charge in [0.25, 0.3) is 0 Å². The molecule has 1 fully saturated rings. The number of rotatable bonds is 7. The van der Waals surface area contributed by atoms with E-state index in [-0.39, 0.29) is 5.41 Å². The van der Waals surface area contributed by atoms with Gasteiger partial charge in [-0.2, -0.15) is 0 Å². The first kappa shape index (κ1) is 12.9. The molecular weight excluding hydrogens is 190 g/mol. The molecule has 0 heterocycles. The maximum Gasteiger partial charge on any atom is 0.0616 e. The van der Waals surface area contributed by atoms with E-state index in [9.17, 15) is 5.11 Å². The van der Waals surface area contributed by atoms with Crippen molar-refractivity contribution >= 4 is 0 Å². The van der Waals surface area contributed by atoms with Crippen LogP contribution >= 0.6 is 0 Å². The fraction of sp³-hybridized carbons (Fsp3) is 1.00. The quantitative estimate of drug-likeness (QED) is 0.677. The van der Waals surface area contributed by atoms with E-state index in [4.69, 9.17) is 4.74 Å². The van der Waals surface area contributed by atoms with Gasteiger partial charge in [0.05, 0.1) is 6.61 Å². The Morgan fingerprint density at radius 1 is 1.40 bits per heavy atom. The lowest BCUT2D eigenvalue weighted by atomic mass is 9.87. The van der Waals surface area contributed by atoms with Gasteiger partial charge >= 0.3 is 0 Å². The highest BCUT2D eigenvalue weighted by Gasteiger charge is 2.32. The Hall–Kier alpha value is -0.120. The minimum atomic E-state index is 0.153. The van der Waals surface area contributed by atoms with Crippen molar-refractivity contribution in [3.8, 4) is 0 Å². The van der Waals surface area contributed by atoms with Crippen LogP contribution in [0.5, 0.6) is 0 Å². The Balaban J connectivity index is 2.21. The van der Waals surface area contributed by atoms with Crippen molar-refractivity contribution in [2.24, 2.45) is 5.41 Å². The van der Waals surface area contributed by atoms with Crippen LogP contribution in [0.3, 0.4) is 0 Å². The van der Waals surface area contributed by atoms with Crippen molar-refractivity contribution in [1.82, 2.24) is 5.32 Å². The second-order valence-electron chi connectivity index (χ2n) is 4.81. The topological polar surface area (TPSA) is 41.5 Å². The van der Waals surface area contributed by atoms with Gasteiger partial charge in [0.1, 0.15) is 0 Å². The largest absolute Gasteiger partial charge is 0.396 e. The lowest BCUT2D eigenvalue weighted by Gasteiger charge is -2.28. The van der Waals surface area contributed by atoms with E-state index >= 15 is 0 Å². The predicted molar refractivity (Wildman–Crippen MR) is 61.9 cm³/mol. The van der Waals surface area contributed by atoms with Crippen molar-refractivity contribution in [3.63, 3.8) is 0 Å². The van der Waals surface area contributed by atoms with Gasteiger partial charge in [-0.1, -0.05) is 12.8 Å². The molecule has 0 aliphatic heterocycles. The lowest BCUT2D eigenvalue weighted by Crippen LogP contribution is -2.41. The summed E-state index contributed by atoms with van der Waals surface area (Å²) in [5, 5.41) is 12.9. The molecule has 0 aromatic heterocycles. The Morgan fingerprint density at radius 2 is 2.07 bits per heavy atom. The average molecular weight is 215 g/mol. The molecule has 3 nitrogen and oxygen atoms in total. The third-order valence-corrected chi connectivity index (χ3v) is 3.40. The molecule has 0 aromatic carbocycles. The highest BCUT2D eigenvalue weighted by atomic mass is 16.5. The second-order valence-corrected chi connectivity index (χ2v) is 4.81. The predicted octanol–water partition coefficient (Wildman–Crippen LogP) is 1.55. The van der Waals surface area contributed by atoms with Crippen LogP contribution in [-0.2, 0) is 4.74 Å². The van der Waals surface area contributed by atoms with Crippen LogP contribution in [0.4, 0.5) is 0 Å². The summed E-state index contributed by atoms with van der Waals surface area (Å²) in [4.78, 5) is 0. The van der Waals surface area contributed by atoms with E-state index in [0.717, 1.165) is 32.6 Å². The van der Waals surface area contributed by atoms with Crippen LogP contribution in [0.2, 0.25) is 0 Å². The number of aliphatic hydroxyl groups excluding tert-OH is 1. The number of hydrogen-bond acceptors (Lipinski definition) is 3. The summed E-state index contributed by atoms with van der Waals surface area (Å²) in [6.07, 6.45) is 4.86. The van der Waals surface area contributed by atoms with Crippen molar-refractivity contribution in [2.45, 2.75) is 45.6 Å². The normalized spacial score (nSPS) is 21.8. The Kier molecular flexibility index (Phi) is 5.58. The lowest BCUT2D eigenvalue weighted by molar-refractivity contribution is 0.101. The second kappa shape index (κ2) is 6.46. The van der Waals surface area contributed by atoms with E-state index in [1.54, 1.807) is 0 Å². The first-order valence-corrected chi connectivity index (χ1v) is 6.14. The zero-order valence-electron chi connectivity index (χ0n) is 10.1. The average Bonchev–Trinajstić information content (AvgIpc) is 2.73. The molecule has 1 aliphatic rings. The number of ether oxygens (including phenoxy) is 1. The molecule has 1 rings (SSSR count). The highest BCUT2D eigenvalue weighted by molar-refractivity contribution is 4.86. The smallest absolute Gasteiger partial charge is 0.0616 e. The molecule has 3 heteroatoms. The molecule has 15 heavy (non-hydrogen) atoms. The molecule has 90 valence electrons. The highest BCUT2D eigenvalue weighted by Crippen LogP contribution is 2.36. The molecule has 0 saturated heterocycles. The van der Waals surface area contributed by atoms with Crippen LogP contribution in [-0.4, -0.2) is 37.5 Å². The van der Waals surface area contributed by atoms with E-state index in [1.807, 2.05) is 6.92 Å². The number of nitrogens with one attached hydrogen (secondary N) is 1. The summed E-state index contributed by atoms with van der Waals surface area (Å²) >= 11 is 0. The van der Waals surface area contributed by atoms with Crippen LogP contribution in [0.15, 0.2) is 0 Å². The summed E-state index contributed by atoms with van der Waals surface area (Å²) in [5.74, 6) is 0. The molecule has 1 saturated carbocycles. The van der Waals surface area contributed by atoms with Gasteiger partial charge in [0.2, 0.25) is 0 Å². The zero-order chi connectivity index (χ0) is 11.1. The fourth-order valence-corrected chi connectivity index (χ4v) is 2.26. The molecular formula is C12H25NO2. The van der Waals surface area contributed by atoms with Crippen LogP contribution in [0, 0.1) is 5.41 Å². The molecule has 1 aliphatic carbocycles. The van der Waals surface area contributed by atoms with Gasteiger partial charge in [-0.05, 0) is 26.7 Å². The van der Waals surface area contributed by atoms with E-state index in [0.29, 0.717) is 12.6 Å². The van der Waals surface area contributed by atoms with Crippen molar-refractivity contribution in [3.05, 3.63) is 0 Å². The third kappa shape index (κ3) is 4.09. The summed E-state index contributed by atoms with van der Waals surface area (Å²) in [7, 11) is 0. The van der Waals surface area contributed by atoms with Gasteiger partial charge in [-0.15, -0.1) is 0 Å². The molecule has 0 amide bonds. The molecule has 0 radical (unpaired) electrons. The molecule has 1 atom stereocenters. The Bertz CT molecular complexity index is 167. The van der Waals surface area contributed by atoms with Crippen LogP contribution < -0.4 is 5.32 Å². The van der Waals surface area contributed by atoms with Gasteiger partial charge in [0.15, 0.2) is 0 Å². The first-order chi connectivity index (χ1) is 7.22. The minimum Gasteiger partial charge on any atom is -0.396 e. The van der Waals surface area contributed by atoms with Crippen LogP contribution in [0.1, 0.15) is 39.5 Å². The van der Waals surface area contributed by atoms with E-state index in [1.165, 1.54) is 12.8 Å². The monoisotopic (exact) mass is 215 g/mol. The molecule has 2 N–H and O–H groups in total. The molecule has 1 unspecified atom stereocenters. The third-order valence-electron chi connectivity index (χ3n) is 3.40. The van der Waals surface area contributed by atoms with E-state index < -0.39 is 0 Å². The standard InChI is InChI=1S/C12H25NO2/c1-3-15-8-11(2)13-9-12(10-14)6-4-5-7-12/h11,13-14H,3-10H2,1-2H3. The van der Waals surface area contributed by atoms with Crippen LogP contribution in [0.25, 0.3) is 0 Å². The molecule has 0 spiro atoms. The molecule has 0 bridgehead atoms. The van der Waals surface area contributed by atoms with Gasteiger partial charge in [-0.3, -0.25) is 0 Å². The summed E-state index contributed by atoms with van der Waals surface area (Å²) in [5.41, 5.74) is 0.153. The van der Waals surface area contributed by atoms with Crippen molar-refractivity contribution < 1.29 is 9.84 Å². The number of aliphatic hydroxyl groups is 1. The van der Waals surface area contributed by atoms with E-state index in [2.05, 4.69) is 12.2 Å². The summed E-state index contributed by atoms with van der Waals surface area (Å²) in [6.45, 7) is 6.93. The fourth-order valence-electron chi connectivity index (χ4n) is 2.26. The Labute approximate surface area is 93.2 Å².